The third-order valence-corrected chi connectivity index (χ3v) is 1.95. The molecule has 80 valence electrons. The number of hydrogen-bond donors (Lipinski definition) is 2. The van der Waals surface area contributed by atoms with Crippen molar-refractivity contribution in [3.05, 3.63) is 12.3 Å². The van der Waals surface area contributed by atoms with Crippen molar-refractivity contribution in [2.24, 2.45) is 5.92 Å². The Morgan fingerprint density at radius 1 is 1.57 bits per heavy atom. The Labute approximate surface area is 85.5 Å². The van der Waals surface area contributed by atoms with E-state index in [1.165, 1.54) is 0 Å². The Bertz CT molecular complexity index is 254. The van der Waals surface area contributed by atoms with Gasteiger partial charge in [-0.15, -0.1) is 0 Å². The largest absolute Gasteiger partial charge is 0.382 e. The van der Waals surface area contributed by atoms with Crippen molar-refractivity contribution in [2.45, 2.75) is 26.8 Å². The Balaban J connectivity index is 2.04. The van der Waals surface area contributed by atoms with E-state index in [1.54, 1.807) is 0 Å². The molecule has 0 unspecified atom stereocenters. The first kappa shape index (κ1) is 11.0. The molecule has 0 atom stereocenters. The fourth-order valence-corrected chi connectivity index (χ4v) is 1.26. The molecule has 0 aliphatic carbocycles. The van der Waals surface area contributed by atoms with E-state index >= 15 is 0 Å². The number of aromatic nitrogens is 2. The van der Waals surface area contributed by atoms with Crippen LogP contribution in [0.5, 0.6) is 0 Å². The van der Waals surface area contributed by atoms with Crippen molar-refractivity contribution in [2.75, 3.05) is 18.8 Å². The van der Waals surface area contributed by atoms with Gasteiger partial charge in [-0.05, 0) is 31.5 Å². The maximum Gasteiger partial charge on any atom is 0.145 e. The number of nitrogen functional groups attached to an aromatic ring is 1. The van der Waals surface area contributed by atoms with Gasteiger partial charge in [-0.2, -0.15) is 5.10 Å². The van der Waals surface area contributed by atoms with Crippen LogP contribution in [0.2, 0.25) is 0 Å². The molecule has 0 bridgehead atoms. The predicted molar refractivity (Wildman–Crippen MR) is 59.0 cm³/mol. The summed E-state index contributed by atoms with van der Waals surface area (Å²) < 4.78 is 1.88. The van der Waals surface area contributed by atoms with Crippen LogP contribution in [0.15, 0.2) is 12.3 Å². The Morgan fingerprint density at radius 2 is 2.36 bits per heavy atom. The van der Waals surface area contributed by atoms with E-state index in [9.17, 15) is 0 Å². The zero-order valence-electron chi connectivity index (χ0n) is 9.03. The molecule has 0 fully saturated rings. The number of nitrogens with zero attached hydrogens (tertiary/aromatic N) is 2. The summed E-state index contributed by atoms with van der Waals surface area (Å²) in [4.78, 5) is 0. The normalized spacial score (nSPS) is 11.1. The first-order chi connectivity index (χ1) is 6.68. The average Bonchev–Trinajstić information content (AvgIpc) is 2.50. The van der Waals surface area contributed by atoms with E-state index < -0.39 is 0 Å². The Morgan fingerprint density at radius 3 is 2.93 bits per heavy atom. The molecular weight excluding hydrogens is 176 g/mol. The molecule has 1 heterocycles. The van der Waals surface area contributed by atoms with Gasteiger partial charge in [0.1, 0.15) is 5.82 Å². The molecule has 1 aromatic heterocycles. The summed E-state index contributed by atoms with van der Waals surface area (Å²) in [6.07, 6.45) is 3.01. The Hall–Kier alpha value is -1.03. The van der Waals surface area contributed by atoms with Crippen molar-refractivity contribution < 1.29 is 0 Å². The van der Waals surface area contributed by atoms with Crippen molar-refractivity contribution in [3.8, 4) is 0 Å². The van der Waals surface area contributed by atoms with Crippen LogP contribution >= 0.6 is 0 Å². The second kappa shape index (κ2) is 5.65. The van der Waals surface area contributed by atoms with Gasteiger partial charge in [0.15, 0.2) is 0 Å². The molecule has 1 aromatic rings. The highest BCUT2D eigenvalue weighted by molar-refractivity contribution is 5.23. The minimum absolute atomic E-state index is 0.597. The van der Waals surface area contributed by atoms with Gasteiger partial charge in [0.05, 0.1) is 0 Å². The lowest BCUT2D eigenvalue weighted by Crippen LogP contribution is -2.21. The van der Waals surface area contributed by atoms with Gasteiger partial charge in [-0.3, -0.25) is 4.68 Å². The zero-order valence-corrected chi connectivity index (χ0v) is 9.03. The molecule has 0 aromatic carbocycles. The SMILES string of the molecule is CC(C)CNCCCn1ccc(N)n1. The third kappa shape index (κ3) is 4.28. The van der Waals surface area contributed by atoms with Crippen LogP contribution in [0.25, 0.3) is 0 Å². The quantitative estimate of drug-likeness (QED) is 0.670. The summed E-state index contributed by atoms with van der Waals surface area (Å²) in [5.41, 5.74) is 5.50. The van der Waals surface area contributed by atoms with Crippen molar-refractivity contribution >= 4 is 5.82 Å². The fourth-order valence-electron chi connectivity index (χ4n) is 1.26. The van der Waals surface area contributed by atoms with Crippen LogP contribution in [-0.4, -0.2) is 22.9 Å². The second-order valence-electron chi connectivity index (χ2n) is 3.96. The van der Waals surface area contributed by atoms with Gasteiger partial charge in [0, 0.05) is 12.7 Å². The van der Waals surface area contributed by atoms with E-state index in [0.717, 1.165) is 32.0 Å². The fraction of sp³-hybridized carbons (Fsp3) is 0.700. The van der Waals surface area contributed by atoms with Crippen LogP contribution in [0.3, 0.4) is 0 Å². The second-order valence-corrected chi connectivity index (χ2v) is 3.96. The lowest BCUT2D eigenvalue weighted by atomic mass is 10.2. The molecule has 0 radical (unpaired) electrons. The molecule has 0 saturated heterocycles. The number of hydrogen-bond acceptors (Lipinski definition) is 3. The van der Waals surface area contributed by atoms with Crippen molar-refractivity contribution in [3.63, 3.8) is 0 Å². The number of anilines is 1. The van der Waals surface area contributed by atoms with Gasteiger partial charge in [0.25, 0.3) is 0 Å². The lowest BCUT2D eigenvalue weighted by Gasteiger charge is -2.06. The molecule has 0 spiro atoms. The lowest BCUT2D eigenvalue weighted by molar-refractivity contribution is 0.507. The summed E-state index contributed by atoms with van der Waals surface area (Å²) in [6, 6.07) is 1.82. The topological polar surface area (TPSA) is 55.9 Å². The van der Waals surface area contributed by atoms with E-state index in [2.05, 4.69) is 24.3 Å². The molecule has 0 aliphatic rings. The van der Waals surface area contributed by atoms with E-state index in [0.29, 0.717) is 5.82 Å². The summed E-state index contributed by atoms with van der Waals surface area (Å²) in [7, 11) is 0. The summed E-state index contributed by atoms with van der Waals surface area (Å²) in [5, 5.41) is 7.50. The van der Waals surface area contributed by atoms with E-state index in [4.69, 9.17) is 5.73 Å². The average molecular weight is 196 g/mol. The molecule has 14 heavy (non-hydrogen) atoms. The standard InChI is InChI=1S/C10H20N4/c1-9(2)8-12-5-3-6-14-7-4-10(11)13-14/h4,7,9,12H,3,5-6,8H2,1-2H3,(H2,11,13). The highest BCUT2D eigenvalue weighted by Crippen LogP contribution is 1.96. The molecule has 0 aliphatic heterocycles. The summed E-state index contributed by atoms with van der Waals surface area (Å²) in [6.45, 7) is 7.48. The first-order valence-corrected chi connectivity index (χ1v) is 5.18. The van der Waals surface area contributed by atoms with Crippen LogP contribution in [0.4, 0.5) is 5.82 Å². The number of nitrogens with one attached hydrogen (secondary N) is 1. The first-order valence-electron chi connectivity index (χ1n) is 5.18. The maximum absolute atomic E-state index is 5.50. The minimum Gasteiger partial charge on any atom is -0.382 e. The number of rotatable bonds is 6. The Kier molecular flexibility index (Phi) is 4.46. The molecule has 3 N–H and O–H groups in total. The van der Waals surface area contributed by atoms with Crippen LogP contribution < -0.4 is 11.1 Å². The van der Waals surface area contributed by atoms with Crippen molar-refractivity contribution in [1.82, 2.24) is 15.1 Å². The molecule has 0 amide bonds. The number of aryl methyl sites for hydroxylation is 1. The zero-order chi connectivity index (χ0) is 10.4. The molecule has 4 nitrogen and oxygen atoms in total. The predicted octanol–water partition coefficient (Wildman–Crippen LogP) is 1.10. The molecule has 4 heteroatoms. The van der Waals surface area contributed by atoms with Crippen LogP contribution in [-0.2, 0) is 6.54 Å². The smallest absolute Gasteiger partial charge is 0.145 e. The van der Waals surface area contributed by atoms with Gasteiger partial charge in [-0.25, -0.2) is 0 Å². The minimum atomic E-state index is 0.597. The maximum atomic E-state index is 5.50. The third-order valence-electron chi connectivity index (χ3n) is 1.95. The number of nitrogens with two attached hydrogens (primary N) is 1. The van der Waals surface area contributed by atoms with Crippen molar-refractivity contribution in [1.29, 1.82) is 0 Å². The molecular formula is C10H20N4. The van der Waals surface area contributed by atoms with Crippen LogP contribution in [0, 0.1) is 5.92 Å². The monoisotopic (exact) mass is 196 g/mol. The van der Waals surface area contributed by atoms with E-state index in [-0.39, 0.29) is 0 Å². The van der Waals surface area contributed by atoms with Gasteiger partial charge in [-0.1, -0.05) is 13.8 Å². The highest BCUT2D eigenvalue weighted by Gasteiger charge is 1.95. The van der Waals surface area contributed by atoms with Gasteiger partial charge < -0.3 is 11.1 Å². The van der Waals surface area contributed by atoms with E-state index in [1.807, 2.05) is 16.9 Å². The molecule has 0 saturated carbocycles. The van der Waals surface area contributed by atoms with Crippen LogP contribution in [0.1, 0.15) is 20.3 Å². The van der Waals surface area contributed by atoms with Gasteiger partial charge in [0.2, 0.25) is 0 Å². The summed E-state index contributed by atoms with van der Waals surface area (Å²) in [5.74, 6) is 1.32. The summed E-state index contributed by atoms with van der Waals surface area (Å²) >= 11 is 0. The molecule has 1 rings (SSSR count). The van der Waals surface area contributed by atoms with Gasteiger partial charge >= 0.3 is 0 Å². The highest BCUT2D eigenvalue weighted by atomic mass is 15.3.